The second-order valence-electron chi connectivity index (χ2n) is 4.82. The standard InChI is InChI=1S/C14H10Cl2FN3O/c1-18-11-6-8(10(17)7-9(11)15)12-13(16)19-4-2-3-5-20(19)14(12)21/h6-7H,2-5H2. The molecule has 0 amide bonds. The molecule has 7 heteroatoms. The summed E-state index contributed by atoms with van der Waals surface area (Å²) in [4.78, 5) is 15.7. The summed E-state index contributed by atoms with van der Waals surface area (Å²) in [6.45, 7) is 8.23. The molecule has 21 heavy (non-hydrogen) atoms. The summed E-state index contributed by atoms with van der Waals surface area (Å²) in [7, 11) is 0. The molecular weight excluding hydrogens is 316 g/mol. The average Bonchev–Trinajstić information content (AvgIpc) is 2.72. The normalized spacial score (nSPS) is 13.8. The Bertz CT molecular complexity index is 832. The molecule has 4 nitrogen and oxygen atoms in total. The van der Waals surface area contributed by atoms with Crippen molar-refractivity contribution in [3.8, 4) is 11.1 Å². The summed E-state index contributed by atoms with van der Waals surface area (Å²) in [6, 6.07) is 2.32. The van der Waals surface area contributed by atoms with Gasteiger partial charge >= 0.3 is 0 Å². The monoisotopic (exact) mass is 325 g/mol. The molecule has 0 N–H and O–H groups in total. The van der Waals surface area contributed by atoms with E-state index >= 15 is 0 Å². The maximum atomic E-state index is 14.2. The maximum absolute atomic E-state index is 14.2. The van der Waals surface area contributed by atoms with Gasteiger partial charge in [0, 0.05) is 23.7 Å². The highest BCUT2D eigenvalue weighted by Crippen LogP contribution is 2.35. The van der Waals surface area contributed by atoms with Crippen LogP contribution in [0, 0.1) is 12.4 Å². The molecule has 2 aromatic rings. The van der Waals surface area contributed by atoms with Crippen molar-refractivity contribution in [1.82, 2.24) is 9.36 Å². The van der Waals surface area contributed by atoms with Crippen LogP contribution in [0.25, 0.3) is 16.0 Å². The molecule has 0 bridgehead atoms. The van der Waals surface area contributed by atoms with Crippen molar-refractivity contribution in [2.24, 2.45) is 0 Å². The number of halogens is 3. The van der Waals surface area contributed by atoms with E-state index in [1.807, 2.05) is 0 Å². The van der Waals surface area contributed by atoms with Crippen LogP contribution in [0.4, 0.5) is 10.1 Å². The number of hydrogen-bond acceptors (Lipinski definition) is 1. The van der Waals surface area contributed by atoms with Crippen LogP contribution in [0.3, 0.4) is 0 Å². The van der Waals surface area contributed by atoms with Crippen molar-refractivity contribution in [2.45, 2.75) is 25.9 Å². The number of rotatable bonds is 1. The van der Waals surface area contributed by atoms with Gasteiger partial charge in [0.15, 0.2) is 0 Å². The maximum Gasteiger partial charge on any atom is 0.276 e. The Kier molecular flexibility index (Phi) is 3.52. The van der Waals surface area contributed by atoms with Gasteiger partial charge in [0.1, 0.15) is 11.0 Å². The van der Waals surface area contributed by atoms with Crippen molar-refractivity contribution < 1.29 is 4.39 Å². The molecular formula is C14H10Cl2FN3O. The number of aromatic nitrogens is 2. The van der Waals surface area contributed by atoms with E-state index in [1.54, 1.807) is 4.68 Å². The van der Waals surface area contributed by atoms with Crippen molar-refractivity contribution in [3.05, 3.63) is 49.9 Å². The molecule has 3 rings (SSSR count). The Hall–Kier alpha value is -1.77. The predicted molar refractivity (Wildman–Crippen MR) is 79.6 cm³/mol. The second kappa shape index (κ2) is 5.21. The Morgan fingerprint density at radius 1 is 1.19 bits per heavy atom. The van der Waals surface area contributed by atoms with E-state index in [-0.39, 0.29) is 32.5 Å². The van der Waals surface area contributed by atoms with Gasteiger partial charge in [-0.1, -0.05) is 23.2 Å². The Morgan fingerprint density at radius 3 is 2.48 bits per heavy atom. The summed E-state index contributed by atoms with van der Waals surface area (Å²) in [6.07, 6.45) is 1.81. The molecule has 1 aromatic carbocycles. The van der Waals surface area contributed by atoms with Crippen LogP contribution in [0.1, 0.15) is 12.8 Å². The largest absolute Gasteiger partial charge is 0.276 e. The number of benzene rings is 1. The first-order chi connectivity index (χ1) is 10.0. The van der Waals surface area contributed by atoms with Crippen molar-refractivity contribution >= 4 is 28.9 Å². The van der Waals surface area contributed by atoms with Crippen LogP contribution in [-0.2, 0) is 13.1 Å². The molecule has 2 heterocycles. The number of fused-ring (bicyclic) bond motifs is 1. The van der Waals surface area contributed by atoms with Crippen LogP contribution in [0.15, 0.2) is 16.9 Å². The minimum atomic E-state index is -0.657. The van der Waals surface area contributed by atoms with Gasteiger partial charge in [-0.2, -0.15) is 0 Å². The first-order valence-corrected chi connectivity index (χ1v) is 7.16. The SMILES string of the molecule is [C-]#[N+]c1cc(-c2c(Cl)n3n(c2=O)CCCC3)c(F)cc1Cl. The Morgan fingerprint density at radius 2 is 1.86 bits per heavy atom. The summed E-state index contributed by atoms with van der Waals surface area (Å²) in [5.41, 5.74) is -0.123. The zero-order chi connectivity index (χ0) is 15.1. The molecule has 0 saturated heterocycles. The molecule has 0 unspecified atom stereocenters. The highest BCUT2D eigenvalue weighted by Gasteiger charge is 2.24. The molecule has 0 saturated carbocycles. The zero-order valence-electron chi connectivity index (χ0n) is 10.9. The van der Waals surface area contributed by atoms with Gasteiger partial charge in [-0.15, -0.1) is 0 Å². The van der Waals surface area contributed by atoms with Crippen LogP contribution < -0.4 is 5.56 Å². The lowest BCUT2D eigenvalue weighted by molar-refractivity contribution is 0.356. The molecule has 108 valence electrons. The van der Waals surface area contributed by atoms with Crippen LogP contribution in [0.5, 0.6) is 0 Å². The fraction of sp³-hybridized carbons (Fsp3) is 0.286. The van der Waals surface area contributed by atoms with Gasteiger partial charge in [-0.3, -0.25) is 9.48 Å². The van der Waals surface area contributed by atoms with E-state index in [4.69, 9.17) is 29.8 Å². The summed E-state index contributed by atoms with van der Waals surface area (Å²) >= 11 is 12.0. The molecule has 1 aliphatic rings. The Balaban J connectivity index is 2.30. The molecule has 0 atom stereocenters. The molecule has 0 radical (unpaired) electrons. The fourth-order valence-electron chi connectivity index (χ4n) is 2.57. The van der Waals surface area contributed by atoms with Gasteiger partial charge in [-0.25, -0.2) is 13.9 Å². The quantitative estimate of drug-likeness (QED) is 0.726. The van der Waals surface area contributed by atoms with Gasteiger partial charge in [-0.05, 0) is 25.0 Å². The lowest BCUT2D eigenvalue weighted by Gasteiger charge is -2.17. The topological polar surface area (TPSA) is 31.3 Å². The number of nitrogens with zero attached hydrogens (tertiary/aromatic N) is 3. The smallest absolute Gasteiger partial charge is 0.271 e. The van der Waals surface area contributed by atoms with Crippen LogP contribution in [0.2, 0.25) is 10.2 Å². The highest BCUT2D eigenvalue weighted by atomic mass is 35.5. The zero-order valence-corrected chi connectivity index (χ0v) is 12.4. The third-order valence-electron chi connectivity index (χ3n) is 3.59. The van der Waals surface area contributed by atoms with E-state index < -0.39 is 5.82 Å². The first kappa shape index (κ1) is 14.2. The molecule has 1 aromatic heterocycles. The minimum Gasteiger partial charge on any atom is -0.271 e. The third kappa shape index (κ3) is 2.15. The van der Waals surface area contributed by atoms with Crippen molar-refractivity contribution in [2.75, 3.05) is 0 Å². The Labute approximate surface area is 130 Å². The lowest BCUT2D eigenvalue weighted by Crippen LogP contribution is -2.27. The van der Waals surface area contributed by atoms with Gasteiger partial charge in [0.05, 0.1) is 12.1 Å². The second-order valence-corrected chi connectivity index (χ2v) is 5.58. The van der Waals surface area contributed by atoms with E-state index in [1.165, 1.54) is 10.7 Å². The number of hydrogen-bond donors (Lipinski definition) is 0. The van der Waals surface area contributed by atoms with Crippen molar-refractivity contribution in [1.29, 1.82) is 0 Å². The minimum absolute atomic E-state index is 0.0199. The lowest BCUT2D eigenvalue weighted by atomic mass is 10.1. The van der Waals surface area contributed by atoms with E-state index in [0.29, 0.717) is 13.1 Å². The van der Waals surface area contributed by atoms with E-state index in [0.717, 1.165) is 18.9 Å². The average molecular weight is 326 g/mol. The highest BCUT2D eigenvalue weighted by molar-refractivity contribution is 6.34. The van der Waals surface area contributed by atoms with Crippen LogP contribution in [-0.4, -0.2) is 9.36 Å². The predicted octanol–water partition coefficient (Wildman–Crippen LogP) is 4.11. The van der Waals surface area contributed by atoms with E-state index in [2.05, 4.69) is 4.85 Å². The van der Waals surface area contributed by atoms with Gasteiger partial charge in [0.25, 0.3) is 5.56 Å². The third-order valence-corrected chi connectivity index (χ3v) is 4.28. The summed E-state index contributed by atoms with van der Waals surface area (Å²) in [5, 5.41) is 0.225. The molecule has 1 aliphatic heterocycles. The fourth-order valence-corrected chi connectivity index (χ4v) is 3.12. The van der Waals surface area contributed by atoms with Crippen LogP contribution >= 0.6 is 23.2 Å². The molecule has 0 fully saturated rings. The summed E-state index contributed by atoms with van der Waals surface area (Å²) in [5.74, 6) is -0.657. The first-order valence-electron chi connectivity index (χ1n) is 6.40. The van der Waals surface area contributed by atoms with Crippen molar-refractivity contribution in [3.63, 3.8) is 0 Å². The summed E-state index contributed by atoms with van der Waals surface area (Å²) < 4.78 is 17.4. The van der Waals surface area contributed by atoms with Gasteiger partial charge < -0.3 is 0 Å². The van der Waals surface area contributed by atoms with Gasteiger partial charge in [0.2, 0.25) is 5.69 Å². The molecule has 0 aliphatic carbocycles. The molecule has 0 spiro atoms. The van der Waals surface area contributed by atoms with E-state index in [9.17, 15) is 9.18 Å².